The monoisotopic (exact) mass is 660 g/mol. The van der Waals surface area contributed by atoms with Gasteiger partial charge in [0.25, 0.3) is 0 Å². The largest absolute Gasteiger partial charge is 0.496 e. The summed E-state index contributed by atoms with van der Waals surface area (Å²) in [6.07, 6.45) is 5.05. The Hall–Kier alpha value is -3.82. The zero-order chi connectivity index (χ0) is 28.1. The van der Waals surface area contributed by atoms with Crippen molar-refractivity contribution in [3.8, 4) is 5.75 Å². The molecule has 6 rings (SSSR count). The average Bonchev–Trinajstić information content (AvgIpc) is 3.44. The van der Waals surface area contributed by atoms with Gasteiger partial charge in [-0.3, -0.25) is 19.2 Å². The van der Waals surface area contributed by atoms with Crippen molar-refractivity contribution in [1.82, 2.24) is 4.90 Å². The highest BCUT2D eigenvalue weighted by molar-refractivity contribution is 9.10. The summed E-state index contributed by atoms with van der Waals surface area (Å²) in [7, 11) is 1.53. The summed E-state index contributed by atoms with van der Waals surface area (Å²) < 4.78 is 6.71. The van der Waals surface area contributed by atoms with E-state index in [9.17, 15) is 19.2 Å². The molecule has 3 aliphatic rings. The quantitative estimate of drug-likeness (QED) is 0.253. The number of anilines is 1. The van der Waals surface area contributed by atoms with Crippen LogP contribution in [0, 0.1) is 11.8 Å². The van der Waals surface area contributed by atoms with E-state index >= 15 is 0 Å². The number of rotatable bonds is 6. The minimum absolute atomic E-state index is 0.191. The van der Waals surface area contributed by atoms with Gasteiger partial charge in [-0.25, -0.2) is 4.90 Å². The van der Waals surface area contributed by atoms with Crippen LogP contribution in [0.2, 0.25) is 0 Å². The van der Waals surface area contributed by atoms with Gasteiger partial charge < -0.3 is 9.64 Å². The van der Waals surface area contributed by atoms with E-state index in [4.69, 9.17) is 4.74 Å². The Morgan fingerprint density at radius 1 is 0.850 bits per heavy atom. The molecular weight excluding hydrogens is 640 g/mol. The summed E-state index contributed by atoms with van der Waals surface area (Å²) >= 11 is 6.83. The summed E-state index contributed by atoms with van der Waals surface area (Å²) in [6.45, 7) is 0. The highest BCUT2D eigenvalue weighted by atomic mass is 79.9. The normalized spacial score (nSPS) is 23.1. The Morgan fingerprint density at radius 2 is 1.55 bits per heavy atom. The maximum atomic E-state index is 14.1. The van der Waals surface area contributed by atoms with Crippen molar-refractivity contribution in [2.75, 3.05) is 12.0 Å². The maximum Gasteiger partial charge on any atom is 0.240 e. The lowest BCUT2D eigenvalue weighted by Crippen LogP contribution is -2.46. The molecule has 200 valence electrons. The van der Waals surface area contributed by atoms with Crippen LogP contribution in [0.3, 0.4) is 0 Å². The van der Waals surface area contributed by atoms with Crippen molar-refractivity contribution in [3.63, 3.8) is 0 Å². The van der Waals surface area contributed by atoms with Gasteiger partial charge in [0.15, 0.2) is 11.6 Å². The summed E-state index contributed by atoms with van der Waals surface area (Å²) in [4.78, 5) is 58.2. The molecule has 3 aliphatic heterocycles. The number of Topliss-reactive ketones (excluding diaryl/α,β-unsaturated/α-hetero) is 2. The Bertz CT molecular complexity index is 1620. The number of hydrogen-bond acceptors (Lipinski definition) is 6. The fourth-order valence-electron chi connectivity index (χ4n) is 5.79. The van der Waals surface area contributed by atoms with Crippen molar-refractivity contribution in [3.05, 3.63) is 117 Å². The lowest BCUT2D eigenvalue weighted by molar-refractivity contribution is -0.123. The highest BCUT2D eigenvalue weighted by Gasteiger charge is 2.63. The first-order valence-electron chi connectivity index (χ1n) is 12.6. The number of ether oxygens (including phenoxy) is 1. The van der Waals surface area contributed by atoms with Gasteiger partial charge in [0, 0.05) is 27.4 Å². The van der Waals surface area contributed by atoms with Gasteiger partial charge in [-0.2, -0.15) is 0 Å². The smallest absolute Gasteiger partial charge is 0.240 e. The second kappa shape index (κ2) is 10.3. The maximum absolute atomic E-state index is 14.1. The van der Waals surface area contributed by atoms with Crippen molar-refractivity contribution >= 4 is 60.9 Å². The van der Waals surface area contributed by atoms with E-state index < -0.39 is 35.7 Å². The average molecular weight is 662 g/mol. The number of methoxy groups -OCH3 is 1. The van der Waals surface area contributed by atoms with E-state index in [0.29, 0.717) is 32.6 Å². The Labute approximate surface area is 247 Å². The minimum Gasteiger partial charge on any atom is -0.496 e. The molecule has 4 atom stereocenters. The molecule has 2 saturated heterocycles. The van der Waals surface area contributed by atoms with E-state index in [-0.39, 0.29) is 11.6 Å². The van der Waals surface area contributed by atoms with Gasteiger partial charge in [0.2, 0.25) is 11.8 Å². The number of halogens is 2. The van der Waals surface area contributed by atoms with E-state index in [2.05, 4.69) is 31.9 Å². The molecule has 0 spiro atoms. The predicted molar refractivity (Wildman–Crippen MR) is 156 cm³/mol. The number of amides is 2. The van der Waals surface area contributed by atoms with Gasteiger partial charge in [-0.15, -0.1) is 0 Å². The molecule has 0 saturated carbocycles. The first-order chi connectivity index (χ1) is 19.3. The van der Waals surface area contributed by atoms with Crippen LogP contribution in [-0.2, 0) is 9.59 Å². The van der Waals surface area contributed by atoms with Gasteiger partial charge >= 0.3 is 0 Å². The summed E-state index contributed by atoms with van der Waals surface area (Å²) in [5.74, 6) is -2.51. The second-order valence-corrected chi connectivity index (χ2v) is 11.5. The van der Waals surface area contributed by atoms with Crippen LogP contribution in [0.15, 0.2) is 106 Å². The topological polar surface area (TPSA) is 84.0 Å². The van der Waals surface area contributed by atoms with Gasteiger partial charge in [-0.05, 0) is 64.5 Å². The van der Waals surface area contributed by atoms with Crippen LogP contribution in [-0.4, -0.2) is 47.5 Å². The van der Waals surface area contributed by atoms with Crippen LogP contribution in [0.4, 0.5) is 5.69 Å². The van der Waals surface area contributed by atoms with Crippen LogP contribution in [0.25, 0.3) is 0 Å². The second-order valence-electron chi connectivity index (χ2n) is 9.77. The Kier molecular flexibility index (Phi) is 6.80. The number of imide groups is 1. The van der Waals surface area contributed by atoms with Crippen molar-refractivity contribution in [2.24, 2.45) is 11.8 Å². The van der Waals surface area contributed by atoms with Gasteiger partial charge in [-0.1, -0.05) is 52.3 Å². The van der Waals surface area contributed by atoms with Gasteiger partial charge in [0.05, 0.1) is 35.1 Å². The highest BCUT2D eigenvalue weighted by Crippen LogP contribution is 2.47. The first kappa shape index (κ1) is 26.4. The molecule has 40 heavy (non-hydrogen) atoms. The molecule has 0 aromatic heterocycles. The van der Waals surface area contributed by atoms with E-state index in [1.165, 1.54) is 12.0 Å². The number of carbonyl (C=O) groups is 4. The third-order valence-electron chi connectivity index (χ3n) is 7.64. The van der Waals surface area contributed by atoms with Crippen LogP contribution >= 0.6 is 31.9 Å². The van der Waals surface area contributed by atoms with Crippen LogP contribution in [0.1, 0.15) is 20.7 Å². The summed E-state index contributed by atoms with van der Waals surface area (Å²) in [6, 6.07) is 19.2. The standard InChI is InChI=1S/C31H22Br2N2O5/c1-40-24-12-7-18(15-22(24)33)29(37)27-26-25(30(38)35(31(26)39)21-10-8-20(32)9-11-21)23-16-19(13-14-34(23)27)28(36)17-5-3-2-4-6-17/h2-16,23,25-27H,1H3/t23-,25-,26-,27-/m1/s1. The lowest BCUT2D eigenvalue weighted by atomic mass is 9.85. The van der Waals surface area contributed by atoms with Crippen molar-refractivity contribution in [1.29, 1.82) is 0 Å². The third kappa shape index (κ3) is 4.24. The Morgan fingerprint density at radius 3 is 2.23 bits per heavy atom. The molecule has 3 aromatic carbocycles. The zero-order valence-electron chi connectivity index (χ0n) is 21.2. The number of fused-ring (bicyclic) bond motifs is 3. The summed E-state index contributed by atoms with van der Waals surface area (Å²) in [5, 5.41) is 0. The molecule has 3 heterocycles. The number of benzene rings is 3. The fourth-order valence-corrected chi connectivity index (χ4v) is 6.59. The SMILES string of the molecule is COc1ccc(C(=O)[C@H]2[C@@H]3C(=O)N(c4ccc(Br)cc4)C(=O)[C@@H]3[C@H]3C=C(C(=O)c4ccccc4)C=CN32)cc1Br. The van der Waals surface area contributed by atoms with Crippen LogP contribution < -0.4 is 9.64 Å². The number of carbonyl (C=O) groups excluding carboxylic acids is 4. The lowest BCUT2D eigenvalue weighted by Gasteiger charge is -2.33. The first-order valence-corrected chi connectivity index (χ1v) is 14.2. The van der Waals surface area contributed by atoms with E-state index in [1.807, 2.05) is 6.07 Å². The molecule has 3 aromatic rings. The molecule has 0 radical (unpaired) electrons. The van der Waals surface area contributed by atoms with Crippen LogP contribution in [0.5, 0.6) is 5.75 Å². The summed E-state index contributed by atoms with van der Waals surface area (Å²) in [5.41, 5.74) is 1.74. The molecule has 0 bridgehead atoms. The predicted octanol–water partition coefficient (Wildman–Crippen LogP) is 5.60. The minimum atomic E-state index is -0.937. The van der Waals surface area contributed by atoms with Crippen molar-refractivity contribution < 1.29 is 23.9 Å². The molecule has 0 unspecified atom stereocenters. The molecule has 0 N–H and O–H groups in total. The van der Waals surface area contributed by atoms with E-state index in [1.54, 1.807) is 90.0 Å². The molecule has 9 heteroatoms. The number of ketones is 2. The Balaban J connectivity index is 1.43. The fraction of sp³-hybridized carbons (Fsp3) is 0.161. The molecule has 7 nitrogen and oxygen atoms in total. The van der Waals surface area contributed by atoms with Crippen molar-refractivity contribution in [2.45, 2.75) is 12.1 Å². The molecule has 0 aliphatic carbocycles. The van der Waals surface area contributed by atoms with E-state index in [0.717, 1.165) is 4.47 Å². The molecule has 2 amide bonds. The molecular formula is C31H22Br2N2O5. The number of allylic oxidation sites excluding steroid dienone is 2. The number of hydrogen-bond donors (Lipinski definition) is 0. The zero-order valence-corrected chi connectivity index (χ0v) is 24.3. The third-order valence-corrected chi connectivity index (χ3v) is 8.78. The number of nitrogens with zero attached hydrogens (tertiary/aromatic N) is 2. The van der Waals surface area contributed by atoms with Gasteiger partial charge in [0.1, 0.15) is 11.8 Å². The molecule has 2 fully saturated rings.